The Morgan fingerprint density at radius 2 is 2.00 bits per heavy atom. The lowest BCUT2D eigenvalue weighted by molar-refractivity contribution is 0.0698. The minimum absolute atomic E-state index is 0.164. The van der Waals surface area contributed by atoms with Gasteiger partial charge in [0.25, 0.3) is 11.8 Å². The molecule has 2 aromatic carbocycles. The first-order valence-electron chi connectivity index (χ1n) is 10.4. The Morgan fingerprint density at radius 3 is 2.68 bits per heavy atom. The van der Waals surface area contributed by atoms with E-state index in [1.54, 1.807) is 23.1 Å². The minimum atomic E-state index is -0.287. The molecule has 1 aliphatic heterocycles. The van der Waals surface area contributed by atoms with Crippen molar-refractivity contribution in [2.45, 2.75) is 26.2 Å². The molecule has 0 aromatic heterocycles. The maximum Gasteiger partial charge on any atom is 0.256 e. The van der Waals surface area contributed by atoms with Crippen molar-refractivity contribution in [3.8, 4) is 17.6 Å². The second-order valence-electron chi connectivity index (χ2n) is 7.44. The molecule has 162 valence electrons. The number of hydrogen-bond donors (Lipinski definition) is 1. The molecular weight excluding hydrogens is 394 g/mol. The van der Waals surface area contributed by atoms with Gasteiger partial charge in [0.05, 0.1) is 31.9 Å². The maximum atomic E-state index is 13.1. The number of anilines is 1. The Kier molecular flexibility index (Phi) is 7.14. The number of rotatable bonds is 6. The third-order valence-corrected chi connectivity index (χ3v) is 5.51. The van der Waals surface area contributed by atoms with E-state index >= 15 is 0 Å². The second-order valence-corrected chi connectivity index (χ2v) is 7.44. The van der Waals surface area contributed by atoms with Gasteiger partial charge in [-0.15, -0.1) is 0 Å². The number of nitrogens with zero attached hydrogens (tertiary/aromatic N) is 2. The van der Waals surface area contributed by atoms with Gasteiger partial charge in [-0.1, -0.05) is 25.1 Å². The molecule has 2 amide bonds. The molecule has 2 aromatic rings. The molecule has 1 heterocycles. The zero-order valence-corrected chi connectivity index (χ0v) is 18.1. The van der Waals surface area contributed by atoms with Gasteiger partial charge in [0.1, 0.15) is 0 Å². The van der Waals surface area contributed by atoms with Crippen molar-refractivity contribution in [1.29, 1.82) is 5.26 Å². The van der Waals surface area contributed by atoms with Crippen LogP contribution in [0.25, 0.3) is 0 Å². The average molecular weight is 421 g/mol. The molecule has 7 heteroatoms. The van der Waals surface area contributed by atoms with Crippen molar-refractivity contribution < 1.29 is 19.1 Å². The van der Waals surface area contributed by atoms with Gasteiger partial charge in [-0.2, -0.15) is 5.26 Å². The van der Waals surface area contributed by atoms with Crippen LogP contribution < -0.4 is 14.8 Å². The number of nitrogens with one attached hydrogen (secondary N) is 1. The molecule has 1 N–H and O–H groups in total. The number of nitriles is 1. The summed E-state index contributed by atoms with van der Waals surface area (Å²) >= 11 is 0. The normalized spacial score (nSPS) is 15.7. The van der Waals surface area contributed by atoms with Crippen LogP contribution in [0.5, 0.6) is 11.5 Å². The van der Waals surface area contributed by atoms with Crippen LogP contribution in [-0.2, 0) is 6.42 Å². The first-order chi connectivity index (χ1) is 15.0. The van der Waals surface area contributed by atoms with Gasteiger partial charge in [-0.05, 0) is 43.0 Å². The summed E-state index contributed by atoms with van der Waals surface area (Å²) in [5, 5.41) is 12.1. The summed E-state index contributed by atoms with van der Waals surface area (Å²) in [4.78, 5) is 27.8. The molecular formula is C24H27N3O4. The first-order valence-corrected chi connectivity index (χ1v) is 10.4. The smallest absolute Gasteiger partial charge is 0.256 e. The van der Waals surface area contributed by atoms with E-state index in [1.807, 2.05) is 25.1 Å². The highest BCUT2D eigenvalue weighted by Gasteiger charge is 2.26. The van der Waals surface area contributed by atoms with E-state index in [1.165, 1.54) is 14.2 Å². The number of hydrogen-bond acceptors (Lipinski definition) is 5. The van der Waals surface area contributed by atoms with Gasteiger partial charge in [0.2, 0.25) is 0 Å². The molecule has 0 saturated carbocycles. The Hall–Kier alpha value is -3.53. The van der Waals surface area contributed by atoms with Crippen LogP contribution >= 0.6 is 0 Å². The minimum Gasteiger partial charge on any atom is -0.493 e. The van der Waals surface area contributed by atoms with Crippen molar-refractivity contribution >= 4 is 17.5 Å². The number of ether oxygens (including phenoxy) is 2. The maximum absolute atomic E-state index is 13.1. The predicted molar refractivity (Wildman–Crippen MR) is 118 cm³/mol. The lowest BCUT2D eigenvalue weighted by Crippen LogP contribution is -2.39. The Bertz CT molecular complexity index is 1010. The number of amides is 2. The van der Waals surface area contributed by atoms with Crippen molar-refractivity contribution in [2.24, 2.45) is 5.92 Å². The summed E-state index contributed by atoms with van der Waals surface area (Å²) in [6.07, 6.45) is 2.30. The lowest BCUT2D eigenvalue weighted by Gasteiger charge is -2.30. The third kappa shape index (κ3) is 4.80. The number of benzene rings is 2. The summed E-state index contributed by atoms with van der Waals surface area (Å²) < 4.78 is 10.9. The summed E-state index contributed by atoms with van der Waals surface area (Å²) in [5.41, 5.74) is 2.22. The summed E-state index contributed by atoms with van der Waals surface area (Å²) in [6.45, 7) is 2.98. The van der Waals surface area contributed by atoms with Crippen molar-refractivity contribution in [2.75, 3.05) is 32.6 Å². The van der Waals surface area contributed by atoms with E-state index in [0.29, 0.717) is 41.4 Å². The number of carbonyl (C=O) groups is 2. The van der Waals surface area contributed by atoms with Crippen molar-refractivity contribution in [1.82, 2.24) is 4.90 Å². The zero-order chi connectivity index (χ0) is 22.4. The predicted octanol–water partition coefficient (Wildman–Crippen LogP) is 3.89. The fraction of sp³-hybridized carbons (Fsp3) is 0.375. The number of aryl methyl sites for hydroxylation is 1. The molecule has 0 radical (unpaired) electrons. The monoisotopic (exact) mass is 421 g/mol. The van der Waals surface area contributed by atoms with E-state index in [0.717, 1.165) is 24.8 Å². The van der Waals surface area contributed by atoms with Crippen LogP contribution in [0.1, 0.15) is 46.0 Å². The number of carbonyl (C=O) groups excluding carboxylic acids is 2. The van der Waals surface area contributed by atoms with Crippen molar-refractivity contribution in [3.63, 3.8) is 0 Å². The Labute approximate surface area is 182 Å². The molecule has 1 fully saturated rings. The fourth-order valence-corrected chi connectivity index (χ4v) is 3.87. The highest BCUT2D eigenvalue weighted by atomic mass is 16.5. The quantitative estimate of drug-likeness (QED) is 0.764. The summed E-state index contributed by atoms with van der Waals surface area (Å²) in [6, 6.07) is 12.8. The Balaban J connectivity index is 1.95. The van der Waals surface area contributed by atoms with E-state index in [4.69, 9.17) is 9.47 Å². The highest BCUT2D eigenvalue weighted by molar-refractivity contribution is 6.07. The van der Waals surface area contributed by atoms with Gasteiger partial charge >= 0.3 is 0 Å². The van der Waals surface area contributed by atoms with E-state index < -0.39 is 0 Å². The SMILES string of the molecule is CCc1ccccc1C(=O)Nc1cc(C(=O)N2CCCC(C#N)C2)cc(OC)c1OC. The van der Waals surface area contributed by atoms with Gasteiger partial charge in [0, 0.05) is 24.2 Å². The van der Waals surface area contributed by atoms with Crippen LogP contribution in [0.2, 0.25) is 0 Å². The van der Waals surface area contributed by atoms with E-state index in [9.17, 15) is 14.9 Å². The van der Waals surface area contributed by atoms with Crippen LogP contribution in [0.3, 0.4) is 0 Å². The first kappa shape index (κ1) is 22.2. The molecule has 1 unspecified atom stereocenters. The molecule has 0 aliphatic carbocycles. The largest absolute Gasteiger partial charge is 0.493 e. The summed E-state index contributed by atoms with van der Waals surface area (Å²) in [5.74, 6) is 0.0361. The molecule has 0 spiro atoms. The molecule has 0 bridgehead atoms. The van der Waals surface area contributed by atoms with Crippen LogP contribution in [0.15, 0.2) is 36.4 Å². The van der Waals surface area contributed by atoms with Gasteiger partial charge < -0.3 is 19.7 Å². The topological polar surface area (TPSA) is 91.7 Å². The van der Waals surface area contributed by atoms with Crippen molar-refractivity contribution in [3.05, 3.63) is 53.1 Å². The van der Waals surface area contributed by atoms with Crippen LogP contribution in [0, 0.1) is 17.2 Å². The van der Waals surface area contributed by atoms with Crippen LogP contribution in [0.4, 0.5) is 5.69 Å². The Morgan fingerprint density at radius 1 is 1.23 bits per heavy atom. The molecule has 31 heavy (non-hydrogen) atoms. The average Bonchev–Trinajstić information content (AvgIpc) is 2.82. The molecule has 7 nitrogen and oxygen atoms in total. The fourth-order valence-electron chi connectivity index (χ4n) is 3.87. The number of likely N-dealkylation sites (tertiary alicyclic amines) is 1. The van der Waals surface area contributed by atoms with E-state index in [-0.39, 0.29) is 17.7 Å². The standard InChI is InChI=1S/C24H27N3O4/c1-4-17-9-5-6-10-19(17)23(28)26-20-12-18(13-21(30-2)22(20)31-3)24(29)27-11-7-8-16(14-25)15-27/h5-6,9-10,12-13,16H,4,7-8,11,15H2,1-3H3,(H,26,28). The van der Waals surface area contributed by atoms with Crippen LogP contribution in [-0.4, -0.2) is 44.0 Å². The summed E-state index contributed by atoms with van der Waals surface area (Å²) in [7, 11) is 2.97. The van der Waals surface area contributed by atoms with Gasteiger partial charge in [0.15, 0.2) is 11.5 Å². The molecule has 1 saturated heterocycles. The second kappa shape index (κ2) is 9.98. The molecule has 3 rings (SSSR count). The lowest BCUT2D eigenvalue weighted by atomic mass is 9.98. The molecule has 1 atom stereocenters. The number of piperidine rings is 1. The number of methoxy groups -OCH3 is 2. The van der Waals surface area contributed by atoms with Gasteiger partial charge in [-0.25, -0.2) is 0 Å². The highest BCUT2D eigenvalue weighted by Crippen LogP contribution is 2.37. The van der Waals surface area contributed by atoms with E-state index in [2.05, 4.69) is 11.4 Å². The zero-order valence-electron chi connectivity index (χ0n) is 18.1. The van der Waals surface area contributed by atoms with Gasteiger partial charge in [-0.3, -0.25) is 9.59 Å². The third-order valence-electron chi connectivity index (χ3n) is 5.51. The molecule has 1 aliphatic rings.